The van der Waals surface area contributed by atoms with Crippen LogP contribution in [0.5, 0.6) is 0 Å². The van der Waals surface area contributed by atoms with Crippen LogP contribution in [0.15, 0.2) is 30.6 Å². The second-order valence-corrected chi connectivity index (χ2v) is 4.79. The largest absolute Gasteiger partial charge is 0.398 e. The van der Waals surface area contributed by atoms with Crippen LogP contribution < -0.4 is 16.0 Å². The number of hydrogen-bond acceptors (Lipinski definition) is 5. The van der Waals surface area contributed by atoms with Crippen molar-refractivity contribution >= 4 is 28.1 Å². The van der Waals surface area contributed by atoms with Gasteiger partial charge >= 0.3 is 0 Å². The minimum absolute atomic E-state index is 0.0476. The molecule has 0 fully saturated rings. The second kappa shape index (κ2) is 6.90. The van der Waals surface area contributed by atoms with Gasteiger partial charge in [0.15, 0.2) is 0 Å². The van der Waals surface area contributed by atoms with Crippen LogP contribution >= 0.6 is 0 Å². The Labute approximate surface area is 123 Å². The predicted octanol–water partition coefficient (Wildman–Crippen LogP) is 1.02. The van der Waals surface area contributed by atoms with Crippen LogP contribution in [0.25, 0.3) is 10.8 Å². The van der Waals surface area contributed by atoms with Crippen molar-refractivity contribution in [3.8, 4) is 0 Å². The number of carbonyl (C=O) groups is 1. The van der Waals surface area contributed by atoms with Crippen LogP contribution in [-0.4, -0.2) is 44.7 Å². The van der Waals surface area contributed by atoms with Gasteiger partial charge in [0.2, 0.25) is 5.91 Å². The Morgan fingerprint density at radius 1 is 1.38 bits per heavy atom. The van der Waals surface area contributed by atoms with Crippen molar-refractivity contribution in [3.63, 3.8) is 0 Å². The van der Waals surface area contributed by atoms with Crippen molar-refractivity contribution in [1.29, 1.82) is 0 Å². The van der Waals surface area contributed by atoms with Crippen LogP contribution in [0.4, 0.5) is 11.4 Å². The summed E-state index contributed by atoms with van der Waals surface area (Å²) in [5.41, 5.74) is 7.58. The third kappa shape index (κ3) is 3.61. The van der Waals surface area contributed by atoms with Crippen LogP contribution in [0.2, 0.25) is 0 Å². The number of likely N-dealkylation sites (N-methyl/N-ethyl adjacent to an activating group) is 1. The fourth-order valence-corrected chi connectivity index (χ4v) is 2.18. The quantitative estimate of drug-likeness (QED) is 0.612. The molecule has 0 spiro atoms. The summed E-state index contributed by atoms with van der Waals surface area (Å²) in [4.78, 5) is 17.8. The van der Waals surface area contributed by atoms with Crippen molar-refractivity contribution in [2.45, 2.75) is 0 Å². The molecular weight excluding hydrogens is 268 g/mol. The van der Waals surface area contributed by atoms with Crippen molar-refractivity contribution in [1.82, 2.24) is 10.3 Å². The van der Waals surface area contributed by atoms with Gasteiger partial charge in [0.05, 0.1) is 13.2 Å². The van der Waals surface area contributed by atoms with E-state index in [9.17, 15) is 4.79 Å². The number of rotatable bonds is 6. The number of carbonyl (C=O) groups excluding carboxylic acids is 1. The summed E-state index contributed by atoms with van der Waals surface area (Å²) in [5.74, 6) is -0.0476. The molecule has 2 aromatic rings. The number of methoxy groups -OCH3 is 1. The Balaban J connectivity index is 2.14. The zero-order chi connectivity index (χ0) is 15.2. The van der Waals surface area contributed by atoms with Crippen LogP contribution in [-0.2, 0) is 9.53 Å². The molecule has 1 aromatic heterocycles. The van der Waals surface area contributed by atoms with Gasteiger partial charge in [0, 0.05) is 55.2 Å². The zero-order valence-electron chi connectivity index (χ0n) is 12.3. The second-order valence-electron chi connectivity index (χ2n) is 4.79. The molecule has 0 aliphatic heterocycles. The van der Waals surface area contributed by atoms with E-state index in [2.05, 4.69) is 10.3 Å². The number of nitrogens with two attached hydrogens (primary N) is 1. The summed E-state index contributed by atoms with van der Waals surface area (Å²) in [7, 11) is 3.48. The summed E-state index contributed by atoms with van der Waals surface area (Å²) >= 11 is 0. The van der Waals surface area contributed by atoms with E-state index in [1.54, 1.807) is 19.5 Å². The summed E-state index contributed by atoms with van der Waals surface area (Å²) in [6.45, 7) is 1.28. The molecule has 0 saturated carbocycles. The highest BCUT2D eigenvalue weighted by Gasteiger charge is 2.11. The van der Waals surface area contributed by atoms with Gasteiger partial charge < -0.3 is 20.7 Å². The number of aromatic nitrogens is 1. The SMILES string of the molecule is COCCNC(=O)CN(C)c1ccc(N)c2cnccc12. The van der Waals surface area contributed by atoms with Gasteiger partial charge in [-0.3, -0.25) is 9.78 Å². The molecule has 1 aromatic carbocycles. The number of pyridine rings is 1. The molecule has 0 unspecified atom stereocenters. The first-order valence-electron chi connectivity index (χ1n) is 6.72. The molecule has 0 atom stereocenters. The van der Waals surface area contributed by atoms with E-state index in [0.717, 1.165) is 16.5 Å². The minimum atomic E-state index is -0.0476. The van der Waals surface area contributed by atoms with Crippen molar-refractivity contribution < 1.29 is 9.53 Å². The maximum Gasteiger partial charge on any atom is 0.239 e. The molecule has 6 nitrogen and oxygen atoms in total. The van der Waals surface area contributed by atoms with E-state index in [4.69, 9.17) is 10.5 Å². The highest BCUT2D eigenvalue weighted by molar-refractivity contribution is 6.01. The van der Waals surface area contributed by atoms with Gasteiger partial charge in [-0.15, -0.1) is 0 Å². The number of nitrogen functional groups attached to an aromatic ring is 1. The average molecular weight is 288 g/mol. The number of ether oxygens (including phenoxy) is 1. The highest BCUT2D eigenvalue weighted by Crippen LogP contribution is 2.29. The highest BCUT2D eigenvalue weighted by atomic mass is 16.5. The van der Waals surface area contributed by atoms with E-state index < -0.39 is 0 Å². The zero-order valence-corrected chi connectivity index (χ0v) is 12.3. The first-order valence-corrected chi connectivity index (χ1v) is 6.72. The number of nitrogens with one attached hydrogen (secondary N) is 1. The van der Waals surface area contributed by atoms with Gasteiger partial charge in [-0.25, -0.2) is 0 Å². The van der Waals surface area contributed by atoms with Gasteiger partial charge in [-0.1, -0.05) is 0 Å². The van der Waals surface area contributed by atoms with Crippen LogP contribution in [0.1, 0.15) is 0 Å². The number of hydrogen-bond donors (Lipinski definition) is 2. The molecule has 1 amide bonds. The third-order valence-electron chi connectivity index (χ3n) is 3.25. The Morgan fingerprint density at radius 3 is 2.95 bits per heavy atom. The van der Waals surface area contributed by atoms with Crippen LogP contribution in [0.3, 0.4) is 0 Å². The fourth-order valence-electron chi connectivity index (χ4n) is 2.18. The summed E-state index contributed by atoms with van der Waals surface area (Å²) < 4.78 is 4.90. The first-order chi connectivity index (χ1) is 10.1. The molecule has 0 bridgehead atoms. The monoisotopic (exact) mass is 288 g/mol. The molecule has 2 rings (SSSR count). The maximum atomic E-state index is 11.9. The molecule has 0 aliphatic rings. The van der Waals surface area contributed by atoms with E-state index >= 15 is 0 Å². The number of nitrogens with zero attached hydrogens (tertiary/aromatic N) is 2. The summed E-state index contributed by atoms with van der Waals surface area (Å²) in [6, 6.07) is 5.65. The molecule has 6 heteroatoms. The van der Waals surface area contributed by atoms with Crippen molar-refractivity contribution in [3.05, 3.63) is 30.6 Å². The average Bonchev–Trinajstić information content (AvgIpc) is 2.48. The molecule has 0 aliphatic carbocycles. The normalized spacial score (nSPS) is 10.6. The minimum Gasteiger partial charge on any atom is -0.398 e. The Kier molecular flexibility index (Phi) is 4.94. The number of anilines is 2. The van der Waals surface area contributed by atoms with Crippen LogP contribution in [0, 0.1) is 0 Å². The molecule has 21 heavy (non-hydrogen) atoms. The smallest absolute Gasteiger partial charge is 0.239 e. The maximum absolute atomic E-state index is 11.9. The van der Waals surface area contributed by atoms with E-state index in [1.165, 1.54) is 0 Å². The van der Waals surface area contributed by atoms with Crippen molar-refractivity contribution in [2.75, 3.05) is 44.5 Å². The summed E-state index contributed by atoms with van der Waals surface area (Å²) in [5, 5.41) is 4.67. The van der Waals surface area contributed by atoms with Gasteiger partial charge in [-0.2, -0.15) is 0 Å². The number of amides is 1. The Hall–Kier alpha value is -2.34. The Morgan fingerprint density at radius 2 is 2.19 bits per heavy atom. The molecule has 0 radical (unpaired) electrons. The molecule has 112 valence electrons. The number of fused-ring (bicyclic) bond motifs is 1. The van der Waals surface area contributed by atoms with Crippen molar-refractivity contribution in [2.24, 2.45) is 0 Å². The van der Waals surface area contributed by atoms with E-state index in [1.807, 2.05) is 30.1 Å². The van der Waals surface area contributed by atoms with Gasteiger partial charge in [0.25, 0.3) is 0 Å². The lowest BCUT2D eigenvalue weighted by Gasteiger charge is -2.21. The van der Waals surface area contributed by atoms with Gasteiger partial charge in [0.1, 0.15) is 0 Å². The molecular formula is C15H20N4O2. The summed E-state index contributed by atoms with van der Waals surface area (Å²) in [6.07, 6.45) is 3.46. The van der Waals surface area contributed by atoms with E-state index in [-0.39, 0.29) is 12.5 Å². The number of benzene rings is 1. The van der Waals surface area contributed by atoms with Gasteiger partial charge in [-0.05, 0) is 18.2 Å². The Bertz CT molecular complexity index is 630. The van der Waals surface area contributed by atoms with E-state index in [0.29, 0.717) is 18.8 Å². The topological polar surface area (TPSA) is 80.5 Å². The lowest BCUT2D eigenvalue weighted by Crippen LogP contribution is -2.36. The predicted molar refractivity (Wildman–Crippen MR) is 84.3 cm³/mol. The molecule has 3 N–H and O–H groups in total. The fraction of sp³-hybridized carbons (Fsp3) is 0.333. The molecule has 1 heterocycles. The first kappa shape index (κ1) is 15.1. The standard InChI is InChI=1S/C15H20N4O2/c1-19(10-15(20)18-7-8-21-2)14-4-3-13(16)12-9-17-6-5-11(12)14/h3-6,9H,7-8,10,16H2,1-2H3,(H,18,20). The third-order valence-corrected chi connectivity index (χ3v) is 3.25. The lowest BCUT2D eigenvalue weighted by atomic mass is 10.1. The lowest BCUT2D eigenvalue weighted by molar-refractivity contribution is -0.119. The molecule has 0 saturated heterocycles.